The van der Waals surface area contributed by atoms with E-state index >= 15 is 0 Å². The van der Waals surface area contributed by atoms with Crippen molar-refractivity contribution in [2.24, 2.45) is 5.73 Å². The van der Waals surface area contributed by atoms with Crippen molar-refractivity contribution in [1.82, 2.24) is 5.32 Å². The first-order valence-electron chi connectivity index (χ1n) is 9.13. The quantitative estimate of drug-likeness (QED) is 0.598. The van der Waals surface area contributed by atoms with Gasteiger partial charge in [-0.15, -0.1) is 0 Å². The monoisotopic (exact) mass is 378 g/mol. The Balaban J connectivity index is 1.53. The van der Waals surface area contributed by atoms with E-state index in [2.05, 4.69) is 5.32 Å². The molecule has 4 nitrogen and oxygen atoms in total. The van der Waals surface area contributed by atoms with Crippen LogP contribution in [0.5, 0.6) is 5.75 Å². The number of nitrogens with two attached hydrogens (primary N) is 1. The highest BCUT2D eigenvalue weighted by atomic mass is 19.1. The first-order chi connectivity index (χ1) is 13.6. The van der Waals surface area contributed by atoms with Crippen LogP contribution in [0.2, 0.25) is 0 Å². The maximum Gasteiger partial charge on any atom is 0.234 e. The van der Waals surface area contributed by atoms with Gasteiger partial charge in [0.2, 0.25) is 5.91 Å². The summed E-state index contributed by atoms with van der Waals surface area (Å²) in [5.41, 5.74) is 8.09. The first kappa shape index (κ1) is 19.6. The lowest BCUT2D eigenvalue weighted by molar-refractivity contribution is -0.120. The lowest BCUT2D eigenvalue weighted by Gasteiger charge is -2.16. The highest BCUT2D eigenvalue weighted by Crippen LogP contribution is 2.16. The molecule has 28 heavy (non-hydrogen) atoms. The number of amides is 1. The van der Waals surface area contributed by atoms with Crippen LogP contribution < -0.4 is 15.8 Å². The molecule has 1 amide bonds. The molecule has 0 radical (unpaired) electrons. The average Bonchev–Trinajstić information content (AvgIpc) is 2.72. The molecule has 1 unspecified atom stereocenters. The molecule has 144 valence electrons. The summed E-state index contributed by atoms with van der Waals surface area (Å²) in [7, 11) is 0. The molecule has 0 saturated heterocycles. The summed E-state index contributed by atoms with van der Waals surface area (Å²) in [5, 5.41) is 3.20. The standard InChI is InChI=1S/C23H23FN2O2/c24-21-9-5-4-8-19(21)16-28-20-12-10-18(11-13-20)15-26-22(23(25)27)14-17-6-2-1-3-7-17/h1-13,22,26H,14-16H2,(H2,25,27). The zero-order chi connectivity index (χ0) is 19.8. The molecule has 5 heteroatoms. The van der Waals surface area contributed by atoms with Gasteiger partial charge in [0.15, 0.2) is 0 Å². The molecular formula is C23H23FN2O2. The van der Waals surface area contributed by atoms with Crippen LogP contribution >= 0.6 is 0 Å². The van der Waals surface area contributed by atoms with Crippen molar-refractivity contribution in [1.29, 1.82) is 0 Å². The fourth-order valence-corrected chi connectivity index (χ4v) is 2.84. The maximum atomic E-state index is 13.6. The lowest BCUT2D eigenvalue weighted by Crippen LogP contribution is -2.42. The van der Waals surface area contributed by atoms with E-state index in [4.69, 9.17) is 10.5 Å². The third kappa shape index (κ3) is 5.66. The first-order valence-corrected chi connectivity index (χ1v) is 9.13. The third-order valence-electron chi connectivity index (χ3n) is 4.45. The average molecular weight is 378 g/mol. The van der Waals surface area contributed by atoms with E-state index in [9.17, 15) is 9.18 Å². The molecule has 3 N–H and O–H groups in total. The minimum absolute atomic E-state index is 0.172. The van der Waals surface area contributed by atoms with Gasteiger partial charge in [-0.05, 0) is 35.7 Å². The van der Waals surface area contributed by atoms with Gasteiger partial charge in [-0.2, -0.15) is 0 Å². The van der Waals surface area contributed by atoms with E-state index < -0.39 is 6.04 Å². The molecule has 0 aliphatic rings. The molecule has 0 aliphatic carbocycles. The molecule has 0 bridgehead atoms. The minimum atomic E-state index is -0.445. The van der Waals surface area contributed by atoms with Gasteiger partial charge in [0, 0.05) is 12.1 Å². The summed E-state index contributed by atoms with van der Waals surface area (Å²) in [6.45, 7) is 0.680. The largest absolute Gasteiger partial charge is 0.489 e. The fourth-order valence-electron chi connectivity index (χ4n) is 2.84. The van der Waals surface area contributed by atoms with Crippen LogP contribution in [0.3, 0.4) is 0 Å². The minimum Gasteiger partial charge on any atom is -0.489 e. The summed E-state index contributed by atoms with van der Waals surface area (Å²) in [6, 6.07) is 23.3. The van der Waals surface area contributed by atoms with Crippen LogP contribution in [-0.2, 0) is 24.4 Å². The van der Waals surface area contributed by atoms with Crippen molar-refractivity contribution in [2.45, 2.75) is 25.6 Å². The normalized spacial score (nSPS) is 11.8. The van der Waals surface area contributed by atoms with E-state index in [0.29, 0.717) is 24.3 Å². The number of halogens is 1. The molecule has 0 spiro atoms. The van der Waals surface area contributed by atoms with E-state index in [1.807, 2.05) is 54.6 Å². The highest BCUT2D eigenvalue weighted by molar-refractivity contribution is 5.80. The van der Waals surface area contributed by atoms with Gasteiger partial charge in [-0.25, -0.2) is 4.39 Å². The number of rotatable bonds is 9. The van der Waals surface area contributed by atoms with Crippen molar-refractivity contribution in [3.8, 4) is 5.75 Å². The Morgan fingerprint density at radius 2 is 1.61 bits per heavy atom. The van der Waals surface area contributed by atoms with Gasteiger partial charge in [0.05, 0.1) is 6.04 Å². The summed E-state index contributed by atoms with van der Waals surface area (Å²) in [5.74, 6) is -0.00401. The van der Waals surface area contributed by atoms with Crippen LogP contribution in [0.1, 0.15) is 16.7 Å². The molecule has 3 aromatic carbocycles. The van der Waals surface area contributed by atoms with Gasteiger partial charge >= 0.3 is 0 Å². The highest BCUT2D eigenvalue weighted by Gasteiger charge is 2.15. The maximum absolute atomic E-state index is 13.6. The van der Waals surface area contributed by atoms with Crippen LogP contribution in [0, 0.1) is 5.82 Å². The number of benzene rings is 3. The number of nitrogens with one attached hydrogen (secondary N) is 1. The fraction of sp³-hybridized carbons (Fsp3) is 0.174. The van der Waals surface area contributed by atoms with E-state index in [-0.39, 0.29) is 18.3 Å². The summed E-state index contributed by atoms with van der Waals surface area (Å²) in [6.07, 6.45) is 0.542. The van der Waals surface area contributed by atoms with Gasteiger partial charge in [-0.3, -0.25) is 4.79 Å². The molecule has 3 rings (SSSR count). The van der Waals surface area contributed by atoms with Crippen molar-refractivity contribution in [3.63, 3.8) is 0 Å². The van der Waals surface area contributed by atoms with Gasteiger partial charge < -0.3 is 15.8 Å². The van der Waals surface area contributed by atoms with Crippen molar-refractivity contribution in [2.75, 3.05) is 0 Å². The Bertz CT molecular complexity index is 898. The van der Waals surface area contributed by atoms with Crippen molar-refractivity contribution >= 4 is 5.91 Å². The van der Waals surface area contributed by atoms with Crippen LogP contribution in [0.15, 0.2) is 78.9 Å². The Kier molecular flexibility index (Phi) is 6.76. The number of ether oxygens (including phenoxy) is 1. The van der Waals surface area contributed by atoms with Gasteiger partial charge in [0.1, 0.15) is 18.2 Å². The second kappa shape index (κ2) is 9.67. The van der Waals surface area contributed by atoms with Crippen LogP contribution in [-0.4, -0.2) is 11.9 Å². The summed E-state index contributed by atoms with van der Waals surface area (Å²) in [4.78, 5) is 11.7. The molecule has 0 aliphatic heterocycles. The van der Waals surface area contributed by atoms with Gasteiger partial charge in [0.25, 0.3) is 0 Å². The molecule has 0 aromatic heterocycles. The SMILES string of the molecule is NC(=O)C(Cc1ccccc1)NCc1ccc(OCc2ccccc2F)cc1. The zero-order valence-electron chi connectivity index (χ0n) is 15.5. The number of hydrogen-bond acceptors (Lipinski definition) is 3. The Hall–Kier alpha value is -3.18. The zero-order valence-corrected chi connectivity index (χ0v) is 15.5. The topological polar surface area (TPSA) is 64.4 Å². The molecule has 3 aromatic rings. The van der Waals surface area contributed by atoms with Gasteiger partial charge in [-0.1, -0.05) is 60.7 Å². The van der Waals surface area contributed by atoms with Crippen molar-refractivity contribution < 1.29 is 13.9 Å². The molecule has 0 saturated carbocycles. The predicted molar refractivity (Wildman–Crippen MR) is 107 cm³/mol. The van der Waals surface area contributed by atoms with E-state index in [0.717, 1.165) is 11.1 Å². The number of primary amides is 1. The molecule has 0 heterocycles. The Morgan fingerprint density at radius 3 is 2.29 bits per heavy atom. The smallest absolute Gasteiger partial charge is 0.234 e. The van der Waals surface area contributed by atoms with Crippen LogP contribution in [0.25, 0.3) is 0 Å². The Morgan fingerprint density at radius 1 is 0.929 bits per heavy atom. The second-order valence-corrected chi connectivity index (χ2v) is 6.55. The predicted octanol–water partition coefficient (Wildman–Crippen LogP) is 3.59. The Labute approximate surface area is 164 Å². The molecule has 1 atom stereocenters. The summed E-state index contributed by atoms with van der Waals surface area (Å²) < 4.78 is 19.3. The van der Waals surface area contributed by atoms with E-state index in [1.54, 1.807) is 18.2 Å². The third-order valence-corrected chi connectivity index (χ3v) is 4.45. The number of carbonyl (C=O) groups is 1. The summed E-state index contributed by atoms with van der Waals surface area (Å²) >= 11 is 0. The van der Waals surface area contributed by atoms with Crippen LogP contribution in [0.4, 0.5) is 4.39 Å². The molecule has 0 fully saturated rings. The number of hydrogen-bond donors (Lipinski definition) is 2. The number of carbonyl (C=O) groups excluding carboxylic acids is 1. The van der Waals surface area contributed by atoms with E-state index in [1.165, 1.54) is 6.07 Å². The van der Waals surface area contributed by atoms with Crippen molar-refractivity contribution in [3.05, 3.63) is 101 Å². The molecular weight excluding hydrogens is 355 g/mol. The lowest BCUT2D eigenvalue weighted by atomic mass is 10.1. The second-order valence-electron chi connectivity index (χ2n) is 6.55.